The molecule has 2 aromatic rings. The molecule has 0 aliphatic rings. The average Bonchev–Trinajstić information content (AvgIpc) is 2.35. The second-order valence-corrected chi connectivity index (χ2v) is 5.21. The Morgan fingerprint density at radius 2 is 2.17 bits per heavy atom. The summed E-state index contributed by atoms with van der Waals surface area (Å²) >= 11 is 9.35. The molecule has 0 fully saturated rings. The van der Waals surface area contributed by atoms with Crippen LogP contribution in [0.2, 0.25) is 5.02 Å². The van der Waals surface area contributed by atoms with Gasteiger partial charge in [0.1, 0.15) is 5.82 Å². The third kappa shape index (κ3) is 3.00. The predicted molar refractivity (Wildman–Crippen MR) is 75.4 cm³/mol. The molecule has 2 nitrogen and oxygen atoms in total. The lowest BCUT2D eigenvalue weighted by Crippen LogP contribution is -2.09. The van der Waals surface area contributed by atoms with E-state index in [1.165, 1.54) is 6.07 Å². The highest BCUT2D eigenvalue weighted by molar-refractivity contribution is 9.10. The van der Waals surface area contributed by atoms with Crippen LogP contribution >= 0.6 is 27.5 Å². The van der Waals surface area contributed by atoms with Crippen molar-refractivity contribution in [3.8, 4) is 0 Å². The summed E-state index contributed by atoms with van der Waals surface area (Å²) < 4.78 is 14.6. The van der Waals surface area contributed by atoms with Gasteiger partial charge in [0.05, 0.1) is 22.9 Å². The predicted octanol–water partition coefficient (Wildman–Crippen LogP) is 4.81. The number of halogens is 3. The van der Waals surface area contributed by atoms with E-state index in [1.54, 1.807) is 30.6 Å². The van der Waals surface area contributed by atoms with Crippen LogP contribution < -0.4 is 5.32 Å². The molecule has 0 spiro atoms. The van der Waals surface area contributed by atoms with Crippen LogP contribution in [0.1, 0.15) is 18.5 Å². The number of hydrogen-bond acceptors (Lipinski definition) is 2. The van der Waals surface area contributed by atoms with Gasteiger partial charge in [-0.1, -0.05) is 27.5 Å². The van der Waals surface area contributed by atoms with Gasteiger partial charge in [-0.3, -0.25) is 4.98 Å². The fourth-order valence-electron chi connectivity index (χ4n) is 1.64. The monoisotopic (exact) mass is 328 g/mol. The van der Waals surface area contributed by atoms with Crippen molar-refractivity contribution in [1.29, 1.82) is 0 Å². The Hall–Kier alpha value is -1.13. The second kappa shape index (κ2) is 5.67. The highest BCUT2D eigenvalue weighted by atomic mass is 79.9. The van der Waals surface area contributed by atoms with Crippen LogP contribution in [0.15, 0.2) is 41.1 Å². The van der Waals surface area contributed by atoms with Gasteiger partial charge in [-0.15, -0.1) is 0 Å². The summed E-state index contributed by atoms with van der Waals surface area (Å²) in [6.45, 7) is 1.87. The van der Waals surface area contributed by atoms with Gasteiger partial charge in [0.15, 0.2) is 0 Å². The number of nitrogens with one attached hydrogen (secondary N) is 1. The summed E-state index contributed by atoms with van der Waals surface area (Å²) in [6.07, 6.45) is 3.23. The molecule has 1 aromatic heterocycles. The van der Waals surface area contributed by atoms with Crippen LogP contribution in [0.3, 0.4) is 0 Å². The van der Waals surface area contributed by atoms with Crippen LogP contribution in [0, 0.1) is 5.82 Å². The van der Waals surface area contributed by atoms with Crippen molar-refractivity contribution in [1.82, 2.24) is 4.98 Å². The smallest absolute Gasteiger partial charge is 0.128 e. The summed E-state index contributed by atoms with van der Waals surface area (Å²) in [5.41, 5.74) is 1.26. The van der Waals surface area contributed by atoms with Crippen molar-refractivity contribution in [3.05, 3.63) is 57.5 Å². The van der Waals surface area contributed by atoms with Gasteiger partial charge < -0.3 is 5.32 Å². The van der Waals surface area contributed by atoms with Crippen LogP contribution in [-0.2, 0) is 0 Å². The first-order valence-corrected chi connectivity index (χ1v) is 6.56. The highest BCUT2D eigenvalue weighted by Crippen LogP contribution is 2.27. The quantitative estimate of drug-likeness (QED) is 0.874. The third-order valence-electron chi connectivity index (χ3n) is 2.56. The lowest BCUT2D eigenvalue weighted by Gasteiger charge is -2.17. The van der Waals surface area contributed by atoms with Crippen molar-refractivity contribution in [2.45, 2.75) is 13.0 Å². The van der Waals surface area contributed by atoms with E-state index in [9.17, 15) is 4.39 Å². The van der Waals surface area contributed by atoms with E-state index in [4.69, 9.17) is 11.6 Å². The van der Waals surface area contributed by atoms with Gasteiger partial charge in [0.2, 0.25) is 0 Å². The molecular weight excluding hydrogens is 319 g/mol. The SMILES string of the molecule is CC(Nc1cnccc1Cl)c1cc(Br)ccc1F. The minimum Gasteiger partial charge on any atom is -0.376 e. The minimum absolute atomic E-state index is 0.204. The molecule has 1 atom stereocenters. The lowest BCUT2D eigenvalue weighted by molar-refractivity contribution is 0.600. The molecule has 5 heteroatoms. The van der Waals surface area contributed by atoms with Gasteiger partial charge in [-0.05, 0) is 31.2 Å². The van der Waals surface area contributed by atoms with Crippen LogP contribution in [0.25, 0.3) is 0 Å². The Kier molecular flexibility index (Phi) is 4.19. The van der Waals surface area contributed by atoms with Crippen molar-refractivity contribution in [2.24, 2.45) is 0 Å². The number of benzene rings is 1. The maximum absolute atomic E-state index is 13.7. The molecule has 1 heterocycles. The Balaban J connectivity index is 2.25. The molecule has 94 valence electrons. The molecule has 0 bridgehead atoms. The first kappa shape index (κ1) is 13.3. The molecule has 0 amide bonds. The maximum Gasteiger partial charge on any atom is 0.128 e. The van der Waals surface area contributed by atoms with E-state index in [0.717, 1.165) is 4.47 Å². The molecule has 2 rings (SSSR count). The zero-order chi connectivity index (χ0) is 13.1. The molecule has 0 aliphatic carbocycles. The lowest BCUT2D eigenvalue weighted by atomic mass is 10.1. The standard InChI is InChI=1S/C13H11BrClFN2/c1-8(10-6-9(14)2-3-12(10)16)18-13-7-17-5-4-11(13)15/h2-8,18H,1H3. The fraction of sp³-hybridized carbons (Fsp3) is 0.154. The van der Waals surface area contributed by atoms with E-state index in [2.05, 4.69) is 26.2 Å². The molecule has 0 saturated carbocycles. The third-order valence-corrected chi connectivity index (χ3v) is 3.39. The molecule has 0 radical (unpaired) electrons. The summed E-state index contributed by atoms with van der Waals surface area (Å²) in [5, 5.41) is 3.70. The molecule has 0 aliphatic heterocycles. The largest absolute Gasteiger partial charge is 0.376 e. The van der Waals surface area contributed by atoms with Gasteiger partial charge in [-0.2, -0.15) is 0 Å². The first-order valence-electron chi connectivity index (χ1n) is 5.39. The summed E-state index contributed by atoms with van der Waals surface area (Å²) in [5.74, 6) is -0.252. The van der Waals surface area contributed by atoms with Gasteiger partial charge in [-0.25, -0.2) is 4.39 Å². The topological polar surface area (TPSA) is 24.9 Å². The van der Waals surface area contributed by atoms with Crippen LogP contribution in [-0.4, -0.2) is 4.98 Å². The Morgan fingerprint density at radius 1 is 1.39 bits per heavy atom. The zero-order valence-corrected chi connectivity index (χ0v) is 12.0. The van der Waals surface area contributed by atoms with Gasteiger partial charge >= 0.3 is 0 Å². The minimum atomic E-state index is -0.252. The molecular formula is C13H11BrClFN2. The van der Waals surface area contributed by atoms with Crippen molar-refractivity contribution >= 4 is 33.2 Å². The number of anilines is 1. The van der Waals surface area contributed by atoms with Crippen LogP contribution in [0.5, 0.6) is 0 Å². The normalized spacial score (nSPS) is 12.2. The molecule has 1 N–H and O–H groups in total. The zero-order valence-electron chi connectivity index (χ0n) is 9.62. The summed E-state index contributed by atoms with van der Waals surface area (Å²) in [7, 11) is 0. The van der Waals surface area contributed by atoms with Gasteiger partial charge in [0, 0.05) is 16.2 Å². The number of hydrogen-bond donors (Lipinski definition) is 1. The van der Waals surface area contributed by atoms with Crippen molar-refractivity contribution < 1.29 is 4.39 Å². The van der Waals surface area contributed by atoms with Crippen molar-refractivity contribution in [2.75, 3.05) is 5.32 Å². The number of aromatic nitrogens is 1. The van der Waals surface area contributed by atoms with E-state index < -0.39 is 0 Å². The molecule has 1 aromatic carbocycles. The highest BCUT2D eigenvalue weighted by Gasteiger charge is 2.12. The van der Waals surface area contributed by atoms with E-state index in [0.29, 0.717) is 16.3 Å². The molecule has 1 unspecified atom stereocenters. The molecule has 18 heavy (non-hydrogen) atoms. The maximum atomic E-state index is 13.7. The fourth-order valence-corrected chi connectivity index (χ4v) is 2.18. The van der Waals surface area contributed by atoms with Crippen LogP contribution in [0.4, 0.5) is 10.1 Å². The Bertz CT molecular complexity index is 562. The average molecular weight is 330 g/mol. The number of nitrogens with zero attached hydrogens (tertiary/aromatic N) is 1. The number of rotatable bonds is 3. The first-order chi connectivity index (χ1) is 8.58. The number of pyridine rings is 1. The van der Waals surface area contributed by atoms with Crippen molar-refractivity contribution in [3.63, 3.8) is 0 Å². The summed E-state index contributed by atoms with van der Waals surface area (Å²) in [4.78, 5) is 3.98. The summed E-state index contributed by atoms with van der Waals surface area (Å²) in [6, 6.07) is 6.33. The second-order valence-electron chi connectivity index (χ2n) is 3.89. The molecule has 0 saturated heterocycles. The van der Waals surface area contributed by atoms with E-state index >= 15 is 0 Å². The van der Waals surface area contributed by atoms with Gasteiger partial charge in [0.25, 0.3) is 0 Å². The Labute approximate surface area is 118 Å². The van der Waals surface area contributed by atoms with E-state index in [-0.39, 0.29) is 11.9 Å². The Morgan fingerprint density at radius 3 is 2.89 bits per heavy atom. The van der Waals surface area contributed by atoms with E-state index in [1.807, 2.05) is 6.92 Å².